The maximum Gasteiger partial charge on any atom is 0.238 e. The van der Waals surface area contributed by atoms with Crippen LogP contribution in [0, 0.1) is 11.8 Å². The molecule has 3 aliphatic carbocycles. The number of benzene rings is 3. The summed E-state index contributed by atoms with van der Waals surface area (Å²) < 4.78 is 0. The molecule has 4 heteroatoms. The number of carbonyl (C=O) groups excluding carboxylic acids is 2. The molecule has 4 aliphatic rings. The van der Waals surface area contributed by atoms with Crippen molar-refractivity contribution in [2.24, 2.45) is 11.8 Å². The first-order chi connectivity index (χ1) is 14.6. The third-order valence-corrected chi connectivity index (χ3v) is 7.65. The summed E-state index contributed by atoms with van der Waals surface area (Å²) in [7, 11) is 0. The summed E-state index contributed by atoms with van der Waals surface area (Å²) >= 11 is 6.19. The highest BCUT2D eigenvalue weighted by Gasteiger charge is 2.67. The molecule has 1 heterocycles. The summed E-state index contributed by atoms with van der Waals surface area (Å²) in [4.78, 5) is 29.1. The van der Waals surface area contributed by atoms with Gasteiger partial charge in [-0.2, -0.15) is 0 Å². The van der Waals surface area contributed by atoms with Gasteiger partial charge in [-0.15, -0.1) is 0 Å². The number of rotatable bonds is 2. The summed E-state index contributed by atoms with van der Waals surface area (Å²) in [5.74, 6) is -1.11. The summed E-state index contributed by atoms with van der Waals surface area (Å²) in [6.45, 7) is 2.13. The summed E-state index contributed by atoms with van der Waals surface area (Å²) in [5, 5.41) is 0.516. The van der Waals surface area contributed by atoms with Gasteiger partial charge in [-0.1, -0.05) is 73.1 Å². The van der Waals surface area contributed by atoms with Crippen molar-refractivity contribution in [1.82, 2.24) is 0 Å². The third-order valence-electron chi connectivity index (χ3n) is 7.42. The van der Waals surface area contributed by atoms with Gasteiger partial charge >= 0.3 is 0 Å². The van der Waals surface area contributed by atoms with Crippen LogP contribution < -0.4 is 4.90 Å². The van der Waals surface area contributed by atoms with Gasteiger partial charge in [-0.05, 0) is 46.9 Å². The largest absolute Gasteiger partial charge is 0.274 e. The van der Waals surface area contributed by atoms with Gasteiger partial charge in [0.05, 0.1) is 17.5 Å². The minimum absolute atomic E-state index is 0.101. The van der Waals surface area contributed by atoms with Crippen molar-refractivity contribution in [3.8, 4) is 0 Å². The fourth-order valence-electron chi connectivity index (χ4n) is 6.40. The first-order valence-corrected chi connectivity index (χ1v) is 10.8. The van der Waals surface area contributed by atoms with Crippen LogP contribution in [0.4, 0.5) is 5.69 Å². The Morgan fingerprint density at radius 3 is 2.10 bits per heavy atom. The zero-order valence-electron chi connectivity index (χ0n) is 16.5. The number of nitrogens with zero attached hydrogens (tertiary/aromatic N) is 1. The fraction of sp³-hybridized carbons (Fsp3) is 0.231. The molecule has 3 nitrogen and oxygen atoms in total. The maximum absolute atomic E-state index is 13.9. The maximum atomic E-state index is 13.9. The van der Waals surface area contributed by atoms with E-state index in [1.165, 1.54) is 27.2 Å². The van der Waals surface area contributed by atoms with E-state index in [0.717, 1.165) is 6.42 Å². The monoisotopic (exact) mass is 413 g/mol. The molecule has 1 fully saturated rings. The lowest BCUT2D eigenvalue weighted by Gasteiger charge is -2.54. The van der Waals surface area contributed by atoms with Gasteiger partial charge < -0.3 is 0 Å². The van der Waals surface area contributed by atoms with Gasteiger partial charge in [0.2, 0.25) is 11.8 Å². The van der Waals surface area contributed by atoms with E-state index in [4.69, 9.17) is 11.6 Å². The zero-order valence-corrected chi connectivity index (χ0v) is 17.3. The fourth-order valence-corrected chi connectivity index (χ4v) is 6.58. The Kier molecular flexibility index (Phi) is 3.61. The molecular formula is C26H20ClNO2. The van der Waals surface area contributed by atoms with E-state index in [-0.39, 0.29) is 23.7 Å². The summed E-state index contributed by atoms with van der Waals surface area (Å²) in [5.41, 5.74) is 4.85. The predicted molar refractivity (Wildman–Crippen MR) is 117 cm³/mol. The molecule has 0 aromatic heterocycles. The van der Waals surface area contributed by atoms with Gasteiger partial charge in [0.1, 0.15) is 0 Å². The molecular weight excluding hydrogens is 394 g/mol. The van der Waals surface area contributed by atoms with Crippen LogP contribution in [-0.2, 0) is 15.0 Å². The van der Waals surface area contributed by atoms with Crippen molar-refractivity contribution in [3.05, 3.63) is 100 Å². The lowest BCUT2D eigenvalue weighted by Crippen LogP contribution is -2.53. The molecule has 0 saturated carbocycles. The van der Waals surface area contributed by atoms with E-state index in [1.807, 2.05) is 24.3 Å². The van der Waals surface area contributed by atoms with Crippen molar-refractivity contribution in [3.63, 3.8) is 0 Å². The van der Waals surface area contributed by atoms with E-state index in [0.29, 0.717) is 10.7 Å². The Morgan fingerprint density at radius 2 is 1.50 bits per heavy atom. The highest BCUT2D eigenvalue weighted by Crippen LogP contribution is 2.65. The lowest BCUT2D eigenvalue weighted by molar-refractivity contribution is -0.123. The van der Waals surface area contributed by atoms with Crippen LogP contribution in [0.3, 0.4) is 0 Å². The summed E-state index contributed by atoms with van der Waals surface area (Å²) in [6.07, 6.45) is 0.761. The number of halogens is 1. The molecule has 2 amide bonds. The average molecular weight is 414 g/mol. The highest BCUT2D eigenvalue weighted by molar-refractivity contribution is 6.31. The second-order valence-electron chi connectivity index (χ2n) is 8.47. The zero-order chi connectivity index (χ0) is 20.6. The van der Waals surface area contributed by atoms with Crippen LogP contribution in [-0.4, -0.2) is 11.8 Å². The van der Waals surface area contributed by atoms with Gasteiger partial charge in [0.15, 0.2) is 0 Å². The molecule has 148 valence electrons. The van der Waals surface area contributed by atoms with Crippen molar-refractivity contribution < 1.29 is 9.59 Å². The Balaban J connectivity index is 1.65. The molecule has 1 aliphatic heterocycles. The molecule has 7 rings (SSSR count). The number of imide groups is 1. The van der Waals surface area contributed by atoms with E-state index < -0.39 is 11.3 Å². The quantitative estimate of drug-likeness (QED) is 0.534. The predicted octanol–water partition coefficient (Wildman–Crippen LogP) is 5.30. The van der Waals surface area contributed by atoms with Crippen LogP contribution in [0.1, 0.15) is 41.5 Å². The second-order valence-corrected chi connectivity index (χ2v) is 8.91. The normalized spacial score (nSPS) is 28.3. The lowest BCUT2D eigenvalue weighted by atomic mass is 9.46. The Hall–Kier alpha value is -2.91. The van der Waals surface area contributed by atoms with Gasteiger partial charge in [0.25, 0.3) is 0 Å². The molecule has 0 N–H and O–H groups in total. The van der Waals surface area contributed by atoms with Crippen LogP contribution in [0.25, 0.3) is 0 Å². The third kappa shape index (κ3) is 1.96. The minimum Gasteiger partial charge on any atom is -0.274 e. The molecule has 1 saturated heterocycles. The smallest absolute Gasteiger partial charge is 0.238 e. The van der Waals surface area contributed by atoms with Gasteiger partial charge in [-0.25, -0.2) is 4.90 Å². The van der Waals surface area contributed by atoms with Crippen LogP contribution in [0.2, 0.25) is 5.02 Å². The minimum atomic E-state index is -0.493. The van der Waals surface area contributed by atoms with Crippen LogP contribution in [0.15, 0.2) is 72.8 Å². The Bertz CT molecular complexity index is 1190. The molecule has 3 aromatic carbocycles. The molecule has 0 spiro atoms. The summed E-state index contributed by atoms with van der Waals surface area (Å²) in [6, 6.07) is 23.8. The van der Waals surface area contributed by atoms with E-state index in [1.54, 1.807) is 24.3 Å². The number of amides is 2. The number of carbonyl (C=O) groups is 2. The first-order valence-electron chi connectivity index (χ1n) is 10.4. The second kappa shape index (κ2) is 6.05. The standard InChI is InChI=1S/C26H20ClNO2/c1-2-26-19-12-5-3-10-17(19)21(18-11-4-6-13-20(18)26)22-23(26)25(30)28(24(22)29)16-9-7-8-15(27)14-16/h3-14,21-23H,2H2,1H3/t21?,22-,23-,26?/m0/s1. The topological polar surface area (TPSA) is 37.4 Å². The molecule has 0 unspecified atom stereocenters. The number of hydrogen-bond acceptors (Lipinski definition) is 2. The Labute approximate surface area is 180 Å². The molecule has 2 bridgehead atoms. The molecule has 30 heavy (non-hydrogen) atoms. The van der Waals surface area contributed by atoms with Crippen molar-refractivity contribution in [1.29, 1.82) is 0 Å². The van der Waals surface area contributed by atoms with Crippen molar-refractivity contribution in [2.75, 3.05) is 4.90 Å². The van der Waals surface area contributed by atoms with Gasteiger partial charge in [-0.3, -0.25) is 9.59 Å². The van der Waals surface area contributed by atoms with Crippen molar-refractivity contribution >= 4 is 29.1 Å². The molecule has 3 aromatic rings. The average Bonchev–Trinajstić information content (AvgIpc) is 3.05. The molecule has 0 radical (unpaired) electrons. The number of anilines is 1. The van der Waals surface area contributed by atoms with E-state index >= 15 is 0 Å². The SMILES string of the molecule is CCC12c3ccccc3C(c3ccccc31)[C@@H]1C(=O)N(c3cccc(Cl)c3)C(=O)[C@H]12. The Morgan fingerprint density at radius 1 is 0.867 bits per heavy atom. The first kappa shape index (κ1) is 17.9. The van der Waals surface area contributed by atoms with E-state index in [9.17, 15) is 9.59 Å². The van der Waals surface area contributed by atoms with Crippen molar-refractivity contribution in [2.45, 2.75) is 24.7 Å². The van der Waals surface area contributed by atoms with Crippen LogP contribution in [0.5, 0.6) is 0 Å². The highest BCUT2D eigenvalue weighted by atomic mass is 35.5. The molecule has 2 atom stereocenters. The number of hydrogen-bond donors (Lipinski definition) is 0. The van der Waals surface area contributed by atoms with E-state index in [2.05, 4.69) is 31.2 Å². The van der Waals surface area contributed by atoms with Crippen LogP contribution >= 0.6 is 11.6 Å². The van der Waals surface area contributed by atoms with Gasteiger partial charge in [0, 0.05) is 16.4 Å².